The number of primary amides is 1. The molecule has 0 aromatic heterocycles. The van der Waals surface area contributed by atoms with Crippen LogP contribution >= 0.6 is 0 Å². The number of rotatable bonds is 4. The molecule has 5 rings (SSSR count). The number of aromatic hydroxyl groups is 1. The maximum Gasteiger partial charge on any atom is 0.255 e. The molecule has 0 bridgehead atoms. The molecule has 196 valence electrons. The summed E-state index contributed by atoms with van der Waals surface area (Å²) in [5.74, 6) is -6.71. The number of Topliss-reactive ketones (excluding diaryl/α,β-unsaturated/α-hetero) is 2. The lowest BCUT2D eigenvalue weighted by molar-refractivity contribution is -0.153. The van der Waals surface area contributed by atoms with E-state index < -0.39 is 58.0 Å². The summed E-state index contributed by atoms with van der Waals surface area (Å²) in [5.41, 5.74) is 4.78. The van der Waals surface area contributed by atoms with Crippen molar-refractivity contribution in [3.8, 4) is 16.9 Å². The molecule has 9 nitrogen and oxygen atoms in total. The first-order valence-corrected chi connectivity index (χ1v) is 12.2. The molecule has 0 spiro atoms. The minimum atomic E-state index is -2.66. The van der Waals surface area contributed by atoms with Crippen molar-refractivity contribution < 1.29 is 34.8 Å². The van der Waals surface area contributed by atoms with Crippen LogP contribution in [-0.2, 0) is 20.8 Å². The quantitative estimate of drug-likeness (QED) is 0.387. The molecule has 2 aromatic rings. The first-order valence-electron chi connectivity index (χ1n) is 12.2. The van der Waals surface area contributed by atoms with Crippen molar-refractivity contribution in [1.29, 1.82) is 0 Å². The van der Waals surface area contributed by atoms with Gasteiger partial charge in [-0.05, 0) is 67.2 Å². The highest BCUT2D eigenvalue weighted by molar-refractivity contribution is 6.24. The number of likely N-dealkylation sites (N-methyl/N-ethyl adjacent to an activating group) is 1. The topological polar surface area (TPSA) is 161 Å². The van der Waals surface area contributed by atoms with Crippen LogP contribution in [0.3, 0.4) is 0 Å². The molecule has 4 atom stereocenters. The number of phenols is 1. The fraction of sp³-hybridized carbons (Fsp3) is 0.276. The van der Waals surface area contributed by atoms with Gasteiger partial charge in [-0.25, -0.2) is 0 Å². The van der Waals surface area contributed by atoms with Crippen LogP contribution in [0.25, 0.3) is 23.0 Å². The first-order chi connectivity index (χ1) is 17.9. The van der Waals surface area contributed by atoms with E-state index in [4.69, 9.17) is 5.73 Å². The van der Waals surface area contributed by atoms with E-state index >= 15 is 0 Å². The molecule has 0 heterocycles. The molecule has 0 aliphatic heterocycles. The highest BCUT2D eigenvalue weighted by Crippen LogP contribution is 2.53. The SMILES string of the molecule is C=Cc1cccc(-c2ccc(O)c3c2C[C@H]2C[C@H]4[C@H](N(C)C)C(=O)C(C(N)=O)=C(O)C4(O)C(=O)C2=C3O)c1. The number of nitrogens with zero attached hydrogens (tertiary/aromatic N) is 1. The number of nitrogens with two attached hydrogens (primary N) is 1. The predicted octanol–water partition coefficient (Wildman–Crippen LogP) is 2.27. The molecular formula is C29H28N2O7. The molecule has 2 aromatic carbocycles. The van der Waals surface area contributed by atoms with Crippen LogP contribution in [0.5, 0.6) is 5.75 Å². The number of amides is 1. The summed E-state index contributed by atoms with van der Waals surface area (Å²) >= 11 is 0. The molecule has 6 N–H and O–H groups in total. The Hall–Kier alpha value is -4.21. The zero-order valence-corrected chi connectivity index (χ0v) is 20.9. The smallest absolute Gasteiger partial charge is 0.255 e. The summed E-state index contributed by atoms with van der Waals surface area (Å²) in [5, 5.41) is 44.7. The molecule has 3 aliphatic carbocycles. The Kier molecular flexibility index (Phi) is 5.81. The van der Waals surface area contributed by atoms with Crippen molar-refractivity contribution in [3.63, 3.8) is 0 Å². The summed E-state index contributed by atoms with van der Waals surface area (Å²) in [6, 6.07) is 9.58. The van der Waals surface area contributed by atoms with E-state index in [-0.39, 0.29) is 29.7 Å². The number of carbonyl (C=O) groups excluding carboxylic acids is 3. The van der Waals surface area contributed by atoms with Crippen LogP contribution in [0.2, 0.25) is 0 Å². The van der Waals surface area contributed by atoms with Crippen LogP contribution in [0, 0.1) is 11.8 Å². The molecule has 0 radical (unpaired) electrons. The lowest BCUT2D eigenvalue weighted by Crippen LogP contribution is -2.65. The third kappa shape index (κ3) is 3.35. The first kappa shape index (κ1) is 25.4. The van der Waals surface area contributed by atoms with Crippen LogP contribution in [-0.4, -0.2) is 68.5 Å². The Morgan fingerprint density at radius 1 is 1.16 bits per heavy atom. The fourth-order valence-electron chi connectivity index (χ4n) is 6.35. The zero-order valence-electron chi connectivity index (χ0n) is 20.9. The number of ketones is 2. The molecule has 1 unspecified atom stereocenters. The van der Waals surface area contributed by atoms with Crippen LogP contribution < -0.4 is 5.73 Å². The highest BCUT2D eigenvalue weighted by Gasteiger charge is 2.64. The van der Waals surface area contributed by atoms with Gasteiger partial charge in [0.05, 0.1) is 11.6 Å². The third-order valence-corrected chi connectivity index (χ3v) is 8.04. The van der Waals surface area contributed by atoms with E-state index in [1.54, 1.807) is 26.2 Å². The van der Waals surface area contributed by atoms with Gasteiger partial charge in [0.1, 0.15) is 22.8 Å². The highest BCUT2D eigenvalue weighted by atomic mass is 16.3. The normalized spacial score (nSPS) is 26.7. The Labute approximate surface area is 218 Å². The molecule has 3 aliphatic rings. The minimum Gasteiger partial charge on any atom is -0.508 e. The van der Waals surface area contributed by atoms with Crippen molar-refractivity contribution in [2.75, 3.05) is 14.1 Å². The average molecular weight is 517 g/mol. The number of aliphatic hydroxyl groups excluding tert-OH is 2. The van der Waals surface area contributed by atoms with Crippen molar-refractivity contribution in [3.05, 3.63) is 76.6 Å². The molecule has 9 heteroatoms. The Balaban J connectivity index is 1.74. The Bertz CT molecular complexity index is 1500. The lowest BCUT2D eigenvalue weighted by atomic mass is 9.57. The van der Waals surface area contributed by atoms with Gasteiger partial charge in [-0.15, -0.1) is 0 Å². The fourth-order valence-corrected chi connectivity index (χ4v) is 6.35. The van der Waals surface area contributed by atoms with Gasteiger partial charge in [-0.2, -0.15) is 0 Å². The number of hydrogen-bond donors (Lipinski definition) is 5. The molecule has 0 saturated heterocycles. The summed E-state index contributed by atoms with van der Waals surface area (Å²) in [4.78, 5) is 40.7. The van der Waals surface area contributed by atoms with E-state index in [9.17, 15) is 34.8 Å². The molecule has 1 saturated carbocycles. The summed E-state index contributed by atoms with van der Waals surface area (Å²) in [7, 11) is 3.13. The van der Waals surface area contributed by atoms with Gasteiger partial charge in [0.15, 0.2) is 11.4 Å². The summed E-state index contributed by atoms with van der Waals surface area (Å²) in [6.07, 6.45) is 1.96. The van der Waals surface area contributed by atoms with Crippen molar-refractivity contribution in [1.82, 2.24) is 4.90 Å². The van der Waals surface area contributed by atoms with Crippen LogP contribution in [0.4, 0.5) is 0 Å². The minimum absolute atomic E-state index is 0.0353. The molecular weight excluding hydrogens is 488 g/mol. The van der Waals surface area contributed by atoms with Gasteiger partial charge in [0.25, 0.3) is 5.91 Å². The van der Waals surface area contributed by atoms with E-state index in [0.29, 0.717) is 5.56 Å². The summed E-state index contributed by atoms with van der Waals surface area (Å²) in [6.45, 7) is 3.80. The van der Waals surface area contributed by atoms with Gasteiger partial charge >= 0.3 is 0 Å². The van der Waals surface area contributed by atoms with Gasteiger partial charge in [0.2, 0.25) is 5.78 Å². The summed E-state index contributed by atoms with van der Waals surface area (Å²) < 4.78 is 0. The van der Waals surface area contributed by atoms with Gasteiger partial charge in [-0.1, -0.05) is 36.9 Å². The maximum absolute atomic E-state index is 13.9. The van der Waals surface area contributed by atoms with E-state index in [0.717, 1.165) is 16.7 Å². The van der Waals surface area contributed by atoms with E-state index in [1.165, 1.54) is 11.0 Å². The van der Waals surface area contributed by atoms with Crippen LogP contribution in [0.15, 0.2) is 59.9 Å². The van der Waals surface area contributed by atoms with E-state index in [2.05, 4.69) is 6.58 Å². The second-order valence-electron chi connectivity index (χ2n) is 10.3. The van der Waals surface area contributed by atoms with Gasteiger partial charge < -0.3 is 26.2 Å². The monoisotopic (exact) mass is 516 g/mol. The largest absolute Gasteiger partial charge is 0.508 e. The number of benzene rings is 2. The molecule has 1 amide bonds. The zero-order chi connectivity index (χ0) is 27.7. The van der Waals surface area contributed by atoms with Crippen molar-refractivity contribution >= 4 is 29.3 Å². The Morgan fingerprint density at radius 2 is 1.87 bits per heavy atom. The number of fused-ring (bicyclic) bond motifs is 3. The Morgan fingerprint density at radius 3 is 2.50 bits per heavy atom. The predicted molar refractivity (Wildman–Crippen MR) is 140 cm³/mol. The van der Waals surface area contributed by atoms with Gasteiger partial charge in [0, 0.05) is 11.5 Å². The maximum atomic E-state index is 13.9. The van der Waals surface area contributed by atoms with Crippen molar-refractivity contribution in [2.24, 2.45) is 17.6 Å². The molecule has 38 heavy (non-hydrogen) atoms. The third-order valence-electron chi connectivity index (χ3n) is 8.04. The lowest BCUT2D eigenvalue weighted by Gasteiger charge is -2.50. The second kappa shape index (κ2) is 8.68. The van der Waals surface area contributed by atoms with Crippen LogP contribution in [0.1, 0.15) is 23.1 Å². The number of phenolic OH excluding ortho intramolecular Hbond substituents is 1. The average Bonchev–Trinajstić information content (AvgIpc) is 2.86. The second-order valence-corrected chi connectivity index (χ2v) is 10.3. The van der Waals surface area contributed by atoms with Gasteiger partial charge in [-0.3, -0.25) is 19.3 Å². The molecule has 1 fully saturated rings. The van der Waals surface area contributed by atoms with Crippen molar-refractivity contribution in [2.45, 2.75) is 24.5 Å². The van der Waals surface area contributed by atoms with E-state index in [1.807, 2.05) is 24.3 Å². The number of aliphatic hydroxyl groups is 3. The number of hydrogen-bond acceptors (Lipinski definition) is 8. The number of carbonyl (C=O) groups is 3. The standard InChI is InChI=1S/C29H28N2O7/c1-4-13-6-5-7-14(10-13)16-8-9-19(32)21-17(16)11-15-12-18-23(31(2)3)25(34)22(28(30)37)27(36)29(18,38)26(35)20(15)24(21)33/h4-10,15,18,23,32-33,36,38H,1,11-12H2,2-3H3,(H2,30,37)/t15-,18-,23-,29?/m0/s1.